The molecule has 1 N–H and O–H groups in total. The Bertz CT molecular complexity index is 792. The van der Waals surface area contributed by atoms with Crippen molar-refractivity contribution in [3.05, 3.63) is 83.6 Å². The van der Waals surface area contributed by atoms with Crippen LogP contribution in [-0.2, 0) is 12.2 Å². The second kappa shape index (κ2) is 8.90. The molecule has 2 aromatic carbocycles. The summed E-state index contributed by atoms with van der Waals surface area (Å²) in [4.78, 5) is 0. The second-order valence-electron chi connectivity index (χ2n) is 6.92. The number of rotatable bonds is 8. The van der Waals surface area contributed by atoms with Crippen molar-refractivity contribution in [1.29, 1.82) is 0 Å². The van der Waals surface area contributed by atoms with Crippen molar-refractivity contribution >= 4 is 5.57 Å². The number of alkyl halides is 1. The normalized spacial score (nSPS) is 18.7. The van der Waals surface area contributed by atoms with Crippen LogP contribution in [-0.4, -0.2) is 6.61 Å². The first-order chi connectivity index (χ1) is 13.1. The van der Waals surface area contributed by atoms with Gasteiger partial charge in [-0.1, -0.05) is 69.2 Å². The standard InChI is InChI=1S/C24H28FNO/c1-3-5-6-17-27-23-13-9-20(10-14-23)21-15-16-24(25,26-18-21)22-11-7-19(4-2)8-12-22/h7-16,18,26H,3-6,17H2,1-2H3. The Morgan fingerprint density at radius 1 is 0.963 bits per heavy atom. The van der Waals surface area contributed by atoms with Gasteiger partial charge in [-0.25, -0.2) is 4.39 Å². The first kappa shape index (κ1) is 19.2. The molecule has 0 aliphatic carbocycles. The number of ether oxygens (including phenoxy) is 1. The van der Waals surface area contributed by atoms with Crippen LogP contribution in [0, 0.1) is 0 Å². The van der Waals surface area contributed by atoms with Gasteiger partial charge in [0.05, 0.1) is 6.61 Å². The molecule has 0 saturated carbocycles. The molecule has 0 spiro atoms. The topological polar surface area (TPSA) is 21.3 Å². The van der Waals surface area contributed by atoms with E-state index in [0.717, 1.165) is 36.3 Å². The first-order valence-electron chi connectivity index (χ1n) is 9.83. The molecule has 0 fully saturated rings. The summed E-state index contributed by atoms with van der Waals surface area (Å²) < 4.78 is 21.0. The summed E-state index contributed by atoms with van der Waals surface area (Å²) in [6.07, 6.45) is 9.56. The van der Waals surface area contributed by atoms with E-state index in [9.17, 15) is 0 Å². The number of halogens is 1. The van der Waals surface area contributed by atoms with Crippen LogP contribution in [0.3, 0.4) is 0 Å². The lowest BCUT2D eigenvalue weighted by Crippen LogP contribution is -2.34. The maximum Gasteiger partial charge on any atom is 0.225 e. The summed E-state index contributed by atoms with van der Waals surface area (Å²) in [5, 5.41) is 2.91. The number of unbranched alkanes of at least 4 members (excludes halogenated alkanes) is 2. The van der Waals surface area contributed by atoms with Crippen LogP contribution in [0.1, 0.15) is 49.8 Å². The molecule has 3 heteroatoms. The van der Waals surface area contributed by atoms with Crippen molar-refractivity contribution in [3.8, 4) is 5.75 Å². The summed E-state index contributed by atoms with van der Waals surface area (Å²) >= 11 is 0. The molecule has 1 unspecified atom stereocenters. The minimum atomic E-state index is -1.67. The van der Waals surface area contributed by atoms with Gasteiger partial charge in [0.25, 0.3) is 0 Å². The van der Waals surface area contributed by atoms with Crippen molar-refractivity contribution in [2.24, 2.45) is 0 Å². The number of allylic oxidation sites excluding steroid dienone is 2. The molecule has 3 rings (SSSR count). The Labute approximate surface area is 161 Å². The van der Waals surface area contributed by atoms with Gasteiger partial charge >= 0.3 is 0 Å². The Hall–Kier alpha value is -2.55. The predicted molar refractivity (Wildman–Crippen MR) is 110 cm³/mol. The maximum absolute atomic E-state index is 15.2. The molecule has 0 aromatic heterocycles. The first-order valence-corrected chi connectivity index (χ1v) is 9.83. The minimum absolute atomic E-state index is 0.613. The Balaban J connectivity index is 1.63. The molecule has 2 nitrogen and oxygen atoms in total. The van der Waals surface area contributed by atoms with Crippen LogP contribution in [0.5, 0.6) is 5.75 Å². The van der Waals surface area contributed by atoms with E-state index in [0.29, 0.717) is 5.56 Å². The molecule has 0 radical (unpaired) electrons. The van der Waals surface area contributed by atoms with E-state index < -0.39 is 5.79 Å². The van der Waals surface area contributed by atoms with E-state index in [-0.39, 0.29) is 0 Å². The molecule has 0 amide bonds. The van der Waals surface area contributed by atoms with Gasteiger partial charge in [-0.3, -0.25) is 0 Å². The molecule has 142 valence electrons. The zero-order valence-electron chi connectivity index (χ0n) is 16.2. The summed E-state index contributed by atoms with van der Waals surface area (Å²) in [6.45, 7) is 5.02. The van der Waals surface area contributed by atoms with Crippen molar-refractivity contribution in [2.75, 3.05) is 6.61 Å². The molecule has 1 aliphatic rings. The quantitative estimate of drug-likeness (QED) is 0.448. The summed E-state index contributed by atoms with van der Waals surface area (Å²) in [6, 6.07) is 15.6. The van der Waals surface area contributed by atoms with Crippen LogP contribution < -0.4 is 10.1 Å². The zero-order valence-corrected chi connectivity index (χ0v) is 16.2. The fourth-order valence-electron chi connectivity index (χ4n) is 3.11. The minimum Gasteiger partial charge on any atom is -0.494 e. The van der Waals surface area contributed by atoms with Gasteiger partial charge in [0.15, 0.2) is 0 Å². The SMILES string of the molecule is CCCCCOc1ccc(C2=CNC(F)(c3ccc(CC)cc3)C=C2)cc1. The van der Waals surface area contributed by atoms with E-state index in [1.165, 1.54) is 18.4 Å². The smallest absolute Gasteiger partial charge is 0.225 e. The largest absolute Gasteiger partial charge is 0.494 e. The molecule has 0 saturated heterocycles. The van der Waals surface area contributed by atoms with E-state index >= 15 is 4.39 Å². The third-order valence-electron chi connectivity index (χ3n) is 4.92. The molecule has 2 aromatic rings. The van der Waals surface area contributed by atoms with Crippen LogP contribution in [0.15, 0.2) is 66.9 Å². The number of benzene rings is 2. The monoisotopic (exact) mass is 365 g/mol. The molecular weight excluding hydrogens is 337 g/mol. The molecule has 1 atom stereocenters. The van der Waals surface area contributed by atoms with E-state index in [4.69, 9.17) is 4.74 Å². The van der Waals surface area contributed by atoms with Gasteiger partial charge in [-0.15, -0.1) is 0 Å². The highest BCUT2D eigenvalue weighted by Crippen LogP contribution is 2.31. The number of dihydropyridines is 1. The Kier molecular flexibility index (Phi) is 6.33. The second-order valence-corrected chi connectivity index (χ2v) is 6.92. The van der Waals surface area contributed by atoms with Crippen molar-refractivity contribution in [3.63, 3.8) is 0 Å². The third kappa shape index (κ3) is 4.79. The molecule has 1 heterocycles. The number of aryl methyl sites for hydroxylation is 1. The fourth-order valence-corrected chi connectivity index (χ4v) is 3.11. The number of hydrogen-bond acceptors (Lipinski definition) is 2. The number of nitrogens with one attached hydrogen (secondary N) is 1. The third-order valence-corrected chi connectivity index (χ3v) is 4.92. The fraction of sp³-hybridized carbons (Fsp3) is 0.333. The maximum atomic E-state index is 15.2. The lowest BCUT2D eigenvalue weighted by Gasteiger charge is -2.26. The molecule has 27 heavy (non-hydrogen) atoms. The van der Waals surface area contributed by atoms with Crippen molar-refractivity contribution in [1.82, 2.24) is 5.32 Å². The average molecular weight is 365 g/mol. The highest BCUT2D eigenvalue weighted by molar-refractivity contribution is 5.75. The van der Waals surface area contributed by atoms with Crippen LogP contribution in [0.2, 0.25) is 0 Å². The molecule has 0 bridgehead atoms. The van der Waals surface area contributed by atoms with Crippen LogP contribution >= 0.6 is 0 Å². The van der Waals surface area contributed by atoms with E-state index in [1.54, 1.807) is 12.3 Å². The number of hydrogen-bond donors (Lipinski definition) is 1. The highest BCUT2D eigenvalue weighted by atomic mass is 19.1. The lowest BCUT2D eigenvalue weighted by molar-refractivity contribution is 0.200. The van der Waals surface area contributed by atoms with Gasteiger partial charge < -0.3 is 10.1 Å². The van der Waals surface area contributed by atoms with Gasteiger partial charge in [0, 0.05) is 11.8 Å². The van der Waals surface area contributed by atoms with E-state index in [1.807, 2.05) is 54.6 Å². The highest BCUT2D eigenvalue weighted by Gasteiger charge is 2.29. The average Bonchev–Trinajstić information content (AvgIpc) is 2.72. The van der Waals surface area contributed by atoms with E-state index in [2.05, 4.69) is 19.2 Å². The zero-order chi connectivity index (χ0) is 19.1. The Morgan fingerprint density at radius 3 is 2.30 bits per heavy atom. The van der Waals surface area contributed by atoms with Gasteiger partial charge in [0.2, 0.25) is 5.79 Å². The molecule has 1 aliphatic heterocycles. The van der Waals surface area contributed by atoms with Crippen LogP contribution in [0.4, 0.5) is 4.39 Å². The predicted octanol–water partition coefficient (Wildman–Crippen LogP) is 6.14. The van der Waals surface area contributed by atoms with Crippen molar-refractivity contribution in [2.45, 2.75) is 45.3 Å². The summed E-state index contributed by atoms with van der Waals surface area (Å²) in [7, 11) is 0. The van der Waals surface area contributed by atoms with Crippen LogP contribution in [0.25, 0.3) is 5.57 Å². The van der Waals surface area contributed by atoms with Crippen molar-refractivity contribution < 1.29 is 9.13 Å². The van der Waals surface area contributed by atoms with Gasteiger partial charge in [0.1, 0.15) is 5.75 Å². The Morgan fingerprint density at radius 2 is 1.70 bits per heavy atom. The van der Waals surface area contributed by atoms with Gasteiger partial charge in [-0.2, -0.15) is 0 Å². The lowest BCUT2D eigenvalue weighted by atomic mass is 9.96. The summed E-state index contributed by atoms with van der Waals surface area (Å²) in [5.74, 6) is -0.794. The summed E-state index contributed by atoms with van der Waals surface area (Å²) in [5.41, 5.74) is 3.80. The van der Waals surface area contributed by atoms with Gasteiger partial charge in [-0.05, 0) is 47.8 Å². The molecular formula is C24H28FNO.